The molecule has 0 atom stereocenters. The fourth-order valence-corrected chi connectivity index (χ4v) is 2.67. The summed E-state index contributed by atoms with van der Waals surface area (Å²) in [6, 6.07) is 11.7. The Morgan fingerprint density at radius 2 is 1.77 bits per heavy atom. The number of fused-ring (bicyclic) bond motifs is 1. The molecule has 26 heavy (non-hydrogen) atoms. The molecule has 0 spiro atoms. The molecule has 0 aliphatic carbocycles. The first-order chi connectivity index (χ1) is 12.5. The summed E-state index contributed by atoms with van der Waals surface area (Å²) in [4.78, 5) is 34.9. The number of anilines is 1. The van der Waals surface area contributed by atoms with E-state index in [2.05, 4.69) is 5.32 Å². The van der Waals surface area contributed by atoms with E-state index in [-0.39, 0.29) is 18.3 Å². The van der Waals surface area contributed by atoms with E-state index in [0.29, 0.717) is 36.3 Å². The van der Waals surface area contributed by atoms with Gasteiger partial charge in [-0.1, -0.05) is 6.92 Å². The molecular formula is C20H19NO5. The number of ketones is 1. The van der Waals surface area contributed by atoms with Crippen molar-refractivity contribution in [3.8, 4) is 11.5 Å². The van der Waals surface area contributed by atoms with Crippen LogP contribution in [0.25, 0.3) is 0 Å². The van der Waals surface area contributed by atoms with Gasteiger partial charge in [0, 0.05) is 24.1 Å². The molecule has 1 N–H and O–H groups in total. The van der Waals surface area contributed by atoms with E-state index in [1.807, 2.05) is 0 Å². The zero-order valence-corrected chi connectivity index (χ0v) is 14.4. The largest absolute Gasteiger partial charge is 0.482 e. The van der Waals surface area contributed by atoms with Crippen LogP contribution in [0.1, 0.15) is 35.7 Å². The summed E-state index contributed by atoms with van der Waals surface area (Å²) in [7, 11) is 0. The van der Waals surface area contributed by atoms with E-state index in [0.717, 1.165) is 11.3 Å². The van der Waals surface area contributed by atoms with Crippen molar-refractivity contribution in [2.24, 2.45) is 0 Å². The van der Waals surface area contributed by atoms with E-state index in [4.69, 9.17) is 9.47 Å². The summed E-state index contributed by atoms with van der Waals surface area (Å²) in [6.45, 7) is 1.56. The molecule has 0 unspecified atom stereocenters. The third kappa shape index (κ3) is 4.27. The maximum absolute atomic E-state index is 12.0. The molecule has 2 aromatic rings. The minimum absolute atomic E-state index is 0.0118. The van der Waals surface area contributed by atoms with Gasteiger partial charge < -0.3 is 14.8 Å². The van der Waals surface area contributed by atoms with Gasteiger partial charge in [0.05, 0.1) is 0 Å². The number of amides is 1. The fraction of sp³-hybridized carbons (Fsp3) is 0.250. The molecule has 6 heteroatoms. The topological polar surface area (TPSA) is 81.7 Å². The summed E-state index contributed by atoms with van der Waals surface area (Å²) in [5.41, 5.74) is 2.30. The van der Waals surface area contributed by atoms with Crippen molar-refractivity contribution in [1.29, 1.82) is 0 Å². The molecular weight excluding hydrogens is 334 g/mol. The number of nitrogens with one attached hydrogen (secondary N) is 1. The summed E-state index contributed by atoms with van der Waals surface area (Å²) in [5.74, 6) is 0.417. The van der Waals surface area contributed by atoms with Gasteiger partial charge in [-0.3, -0.25) is 9.59 Å². The van der Waals surface area contributed by atoms with Gasteiger partial charge in [-0.25, -0.2) is 4.79 Å². The molecule has 0 bridgehead atoms. The molecule has 0 radical (unpaired) electrons. The molecule has 0 aromatic heterocycles. The predicted molar refractivity (Wildman–Crippen MR) is 95.6 cm³/mol. The molecule has 3 rings (SSSR count). The normalized spacial score (nSPS) is 12.7. The van der Waals surface area contributed by atoms with Gasteiger partial charge >= 0.3 is 5.97 Å². The van der Waals surface area contributed by atoms with Gasteiger partial charge in [-0.15, -0.1) is 0 Å². The van der Waals surface area contributed by atoms with Crippen molar-refractivity contribution in [3.05, 3.63) is 53.6 Å². The first-order valence-corrected chi connectivity index (χ1v) is 8.44. The van der Waals surface area contributed by atoms with E-state index < -0.39 is 5.97 Å². The Balaban J connectivity index is 1.54. The number of carbonyl (C=O) groups is 3. The van der Waals surface area contributed by atoms with Gasteiger partial charge in [-0.2, -0.15) is 0 Å². The van der Waals surface area contributed by atoms with Crippen molar-refractivity contribution >= 4 is 23.3 Å². The molecule has 0 fully saturated rings. The van der Waals surface area contributed by atoms with Crippen LogP contribution in [0.5, 0.6) is 11.5 Å². The van der Waals surface area contributed by atoms with E-state index in [1.54, 1.807) is 49.4 Å². The third-order valence-electron chi connectivity index (χ3n) is 4.06. The van der Waals surface area contributed by atoms with Crippen LogP contribution >= 0.6 is 0 Å². The van der Waals surface area contributed by atoms with Gasteiger partial charge in [0.1, 0.15) is 11.5 Å². The number of hydrogen-bond acceptors (Lipinski definition) is 5. The van der Waals surface area contributed by atoms with Crippen molar-refractivity contribution in [1.82, 2.24) is 0 Å². The maximum Gasteiger partial charge on any atom is 0.349 e. The Hall–Kier alpha value is -3.15. The van der Waals surface area contributed by atoms with Gasteiger partial charge in [0.25, 0.3) is 0 Å². The molecule has 1 amide bonds. The number of Topliss-reactive ketones (excluding diaryl/α,β-unsaturated/α-hetero) is 1. The second kappa shape index (κ2) is 7.82. The van der Waals surface area contributed by atoms with E-state index >= 15 is 0 Å². The van der Waals surface area contributed by atoms with Crippen LogP contribution in [-0.4, -0.2) is 24.3 Å². The fourth-order valence-electron chi connectivity index (χ4n) is 2.67. The van der Waals surface area contributed by atoms with E-state index in [1.165, 1.54) is 0 Å². The zero-order valence-electron chi connectivity index (χ0n) is 14.4. The molecule has 6 nitrogen and oxygen atoms in total. The number of hydrogen-bond donors (Lipinski definition) is 1. The quantitative estimate of drug-likeness (QED) is 0.490. The lowest BCUT2D eigenvalue weighted by Gasteiger charge is -2.17. The van der Waals surface area contributed by atoms with Crippen molar-refractivity contribution < 1.29 is 23.9 Å². The highest BCUT2D eigenvalue weighted by Gasteiger charge is 2.16. The Kier molecular flexibility index (Phi) is 5.31. The zero-order chi connectivity index (χ0) is 18.5. The number of carbonyl (C=O) groups excluding carboxylic acids is 3. The van der Waals surface area contributed by atoms with Crippen LogP contribution in [-0.2, 0) is 16.0 Å². The van der Waals surface area contributed by atoms with Crippen LogP contribution < -0.4 is 14.8 Å². The number of benzene rings is 2. The lowest BCUT2D eigenvalue weighted by molar-refractivity contribution is -0.136. The number of aryl methyl sites for hydroxylation is 1. The Labute approximate surface area is 151 Å². The number of rotatable bonds is 6. The van der Waals surface area contributed by atoms with Crippen LogP contribution in [0.3, 0.4) is 0 Å². The molecule has 0 saturated heterocycles. The van der Waals surface area contributed by atoms with Crippen molar-refractivity contribution in [3.63, 3.8) is 0 Å². The molecule has 0 saturated carbocycles. The maximum atomic E-state index is 12.0. The van der Waals surface area contributed by atoms with Gasteiger partial charge in [0.15, 0.2) is 12.4 Å². The molecule has 2 aromatic carbocycles. The smallest absolute Gasteiger partial charge is 0.349 e. The predicted octanol–water partition coefficient (Wildman–Crippen LogP) is 3.15. The molecule has 1 aliphatic heterocycles. The number of esters is 1. The minimum atomic E-state index is -0.529. The summed E-state index contributed by atoms with van der Waals surface area (Å²) in [6.07, 6.45) is 1.48. The second-order valence-corrected chi connectivity index (χ2v) is 5.93. The second-order valence-electron chi connectivity index (χ2n) is 5.93. The SMILES string of the molecule is CCC(=O)c1ccc(OCC(=O)Oc2ccc3c(c2)CCC(=O)N3)cc1. The standard InChI is InChI=1S/C20H19NO5/c1-2-18(22)13-3-6-15(7-4-13)25-12-20(24)26-16-8-9-17-14(11-16)5-10-19(23)21-17/h3-4,6-9,11H,2,5,10,12H2,1H3,(H,21,23). The highest BCUT2D eigenvalue weighted by atomic mass is 16.6. The Bertz CT molecular complexity index is 842. The van der Waals surface area contributed by atoms with Gasteiger partial charge in [0.2, 0.25) is 5.91 Å². The van der Waals surface area contributed by atoms with Crippen molar-refractivity contribution in [2.45, 2.75) is 26.2 Å². The Morgan fingerprint density at radius 3 is 2.50 bits per heavy atom. The minimum Gasteiger partial charge on any atom is -0.482 e. The lowest BCUT2D eigenvalue weighted by atomic mass is 10.0. The summed E-state index contributed by atoms with van der Waals surface area (Å²) >= 11 is 0. The molecule has 134 valence electrons. The number of ether oxygens (including phenoxy) is 2. The average Bonchev–Trinajstić information content (AvgIpc) is 2.66. The average molecular weight is 353 g/mol. The summed E-state index contributed by atoms with van der Waals surface area (Å²) in [5, 5.41) is 2.78. The molecule has 1 heterocycles. The van der Waals surface area contributed by atoms with Crippen LogP contribution in [0.2, 0.25) is 0 Å². The van der Waals surface area contributed by atoms with Gasteiger partial charge in [-0.05, 0) is 54.4 Å². The first-order valence-electron chi connectivity index (χ1n) is 8.44. The highest BCUT2D eigenvalue weighted by molar-refractivity contribution is 5.96. The van der Waals surface area contributed by atoms with Crippen LogP contribution in [0.15, 0.2) is 42.5 Å². The third-order valence-corrected chi connectivity index (χ3v) is 4.06. The van der Waals surface area contributed by atoms with Crippen LogP contribution in [0, 0.1) is 0 Å². The first kappa shape index (κ1) is 17.7. The van der Waals surface area contributed by atoms with Crippen LogP contribution in [0.4, 0.5) is 5.69 Å². The van der Waals surface area contributed by atoms with E-state index in [9.17, 15) is 14.4 Å². The summed E-state index contributed by atoms with van der Waals surface area (Å²) < 4.78 is 10.7. The van der Waals surface area contributed by atoms with Crippen molar-refractivity contribution in [2.75, 3.05) is 11.9 Å². The lowest BCUT2D eigenvalue weighted by Crippen LogP contribution is -2.20. The highest BCUT2D eigenvalue weighted by Crippen LogP contribution is 2.26. The molecule has 1 aliphatic rings. The monoisotopic (exact) mass is 353 g/mol. The Morgan fingerprint density at radius 1 is 1.04 bits per heavy atom.